The fraction of sp³-hybridized carbons (Fsp3) is 0.778. The second kappa shape index (κ2) is 6.17. The third kappa shape index (κ3) is 3.31. The van der Waals surface area contributed by atoms with E-state index in [0.717, 1.165) is 42.4 Å². The molecule has 1 aromatic heterocycles. The van der Waals surface area contributed by atoms with Crippen LogP contribution in [0.4, 0.5) is 0 Å². The van der Waals surface area contributed by atoms with Gasteiger partial charge in [-0.1, -0.05) is 0 Å². The maximum atomic E-state index is 12.5. The molecule has 0 bridgehead atoms. The third-order valence-corrected chi connectivity index (χ3v) is 6.71. The quantitative estimate of drug-likeness (QED) is 0.849. The van der Waals surface area contributed by atoms with E-state index in [-0.39, 0.29) is 5.54 Å². The summed E-state index contributed by atoms with van der Waals surface area (Å²) >= 11 is 1.69. The second-order valence-corrected chi connectivity index (χ2v) is 8.72. The molecule has 3 aliphatic rings. The average Bonchev–Trinajstić information content (AvgIpc) is 3.23. The maximum absolute atomic E-state index is 12.5. The molecule has 2 aliphatic heterocycles. The summed E-state index contributed by atoms with van der Waals surface area (Å²) in [6, 6.07) is 0. The highest BCUT2D eigenvalue weighted by molar-refractivity contribution is 7.09. The molecule has 0 unspecified atom stereocenters. The molecule has 1 spiro atoms. The molecular formula is C18H27N3OS. The number of thiazole rings is 1. The number of likely N-dealkylation sites (tertiary alicyclic amines) is 2. The van der Waals surface area contributed by atoms with Gasteiger partial charge in [0.25, 0.3) is 0 Å². The van der Waals surface area contributed by atoms with Gasteiger partial charge in [-0.2, -0.15) is 0 Å². The molecule has 1 atom stereocenters. The van der Waals surface area contributed by atoms with Crippen LogP contribution in [0.3, 0.4) is 0 Å². The minimum Gasteiger partial charge on any atom is -0.331 e. The van der Waals surface area contributed by atoms with Gasteiger partial charge >= 0.3 is 0 Å². The van der Waals surface area contributed by atoms with Crippen molar-refractivity contribution in [1.29, 1.82) is 0 Å². The van der Waals surface area contributed by atoms with Crippen LogP contribution in [-0.4, -0.2) is 45.9 Å². The highest BCUT2D eigenvalue weighted by atomic mass is 32.1. The number of carbonyl (C=O) groups is 1. The summed E-state index contributed by atoms with van der Waals surface area (Å²) < 4.78 is 0. The van der Waals surface area contributed by atoms with Crippen molar-refractivity contribution in [3.63, 3.8) is 0 Å². The molecule has 0 radical (unpaired) electrons. The van der Waals surface area contributed by atoms with Crippen molar-refractivity contribution in [3.05, 3.63) is 16.1 Å². The summed E-state index contributed by atoms with van der Waals surface area (Å²) in [5, 5.41) is 3.21. The first-order valence-corrected chi connectivity index (χ1v) is 9.96. The molecule has 1 amide bonds. The maximum Gasteiger partial charge on any atom is 0.223 e. The highest BCUT2D eigenvalue weighted by Gasteiger charge is 2.46. The van der Waals surface area contributed by atoms with Gasteiger partial charge in [-0.3, -0.25) is 4.79 Å². The fourth-order valence-corrected chi connectivity index (χ4v) is 4.98. The zero-order valence-electron chi connectivity index (χ0n) is 14.1. The Morgan fingerprint density at radius 2 is 2.17 bits per heavy atom. The molecule has 2 saturated heterocycles. The van der Waals surface area contributed by atoms with Crippen LogP contribution in [0.5, 0.6) is 0 Å². The van der Waals surface area contributed by atoms with Crippen molar-refractivity contribution in [2.24, 2.45) is 5.92 Å². The Kier molecular flexibility index (Phi) is 4.18. The number of nitrogens with zero attached hydrogens (tertiary/aromatic N) is 3. The van der Waals surface area contributed by atoms with Crippen LogP contribution in [0.1, 0.15) is 55.6 Å². The standard InChI is InChI=1S/C18H27N3OS/c1-14-19-16(13-23-14)12-21-17(22)5-7-18(21)6-2-9-20(10-8-18)11-15-3-4-15/h13,15H,2-12H2,1H3/t18-/m1/s1. The molecule has 4 nitrogen and oxygen atoms in total. The van der Waals surface area contributed by atoms with Gasteiger partial charge in [0, 0.05) is 30.4 Å². The third-order valence-electron chi connectivity index (χ3n) is 5.89. The van der Waals surface area contributed by atoms with E-state index in [0.29, 0.717) is 12.5 Å². The van der Waals surface area contributed by atoms with Gasteiger partial charge in [0.15, 0.2) is 0 Å². The number of aromatic nitrogens is 1. The van der Waals surface area contributed by atoms with Crippen LogP contribution in [0.25, 0.3) is 0 Å². The van der Waals surface area contributed by atoms with E-state index < -0.39 is 0 Å². The molecule has 4 rings (SSSR count). The Hall–Kier alpha value is -0.940. The van der Waals surface area contributed by atoms with Gasteiger partial charge in [-0.25, -0.2) is 4.98 Å². The smallest absolute Gasteiger partial charge is 0.223 e. The molecule has 3 heterocycles. The van der Waals surface area contributed by atoms with E-state index in [2.05, 4.69) is 20.2 Å². The molecule has 126 valence electrons. The lowest BCUT2D eigenvalue weighted by atomic mass is 9.87. The van der Waals surface area contributed by atoms with E-state index in [4.69, 9.17) is 0 Å². The summed E-state index contributed by atoms with van der Waals surface area (Å²) in [6.07, 6.45) is 8.17. The number of amides is 1. The van der Waals surface area contributed by atoms with Crippen molar-refractivity contribution in [3.8, 4) is 0 Å². The molecule has 1 aliphatic carbocycles. The Labute approximate surface area is 142 Å². The number of carbonyl (C=O) groups excluding carboxylic acids is 1. The predicted molar refractivity (Wildman–Crippen MR) is 92.4 cm³/mol. The zero-order valence-corrected chi connectivity index (χ0v) is 14.9. The summed E-state index contributed by atoms with van der Waals surface area (Å²) in [7, 11) is 0. The van der Waals surface area contributed by atoms with Crippen LogP contribution in [-0.2, 0) is 11.3 Å². The monoisotopic (exact) mass is 333 g/mol. The van der Waals surface area contributed by atoms with E-state index in [1.807, 2.05) is 6.92 Å². The van der Waals surface area contributed by atoms with Crippen LogP contribution in [0, 0.1) is 12.8 Å². The second-order valence-electron chi connectivity index (χ2n) is 7.66. The van der Waals surface area contributed by atoms with Crippen molar-refractivity contribution < 1.29 is 4.79 Å². The molecule has 0 N–H and O–H groups in total. The Balaban J connectivity index is 1.47. The Bertz CT molecular complexity index is 583. The van der Waals surface area contributed by atoms with E-state index in [1.165, 1.54) is 38.8 Å². The SMILES string of the molecule is Cc1nc(CN2C(=O)CC[C@@]23CCCN(CC2CC2)CC3)cs1. The summed E-state index contributed by atoms with van der Waals surface area (Å²) in [4.78, 5) is 22.0. The van der Waals surface area contributed by atoms with Gasteiger partial charge in [-0.05, 0) is 57.9 Å². The molecule has 3 fully saturated rings. The molecule has 0 aromatic carbocycles. The first-order chi connectivity index (χ1) is 11.1. The van der Waals surface area contributed by atoms with Gasteiger partial charge in [-0.15, -0.1) is 11.3 Å². The number of hydrogen-bond donors (Lipinski definition) is 0. The summed E-state index contributed by atoms with van der Waals surface area (Å²) in [5.41, 5.74) is 1.17. The molecule has 23 heavy (non-hydrogen) atoms. The van der Waals surface area contributed by atoms with Crippen molar-refractivity contribution in [1.82, 2.24) is 14.8 Å². The van der Waals surface area contributed by atoms with E-state index in [9.17, 15) is 4.79 Å². The predicted octanol–water partition coefficient (Wildman–Crippen LogP) is 3.21. The highest BCUT2D eigenvalue weighted by Crippen LogP contribution is 2.41. The number of rotatable bonds is 4. The molecule has 1 saturated carbocycles. The minimum absolute atomic E-state index is 0.104. The lowest BCUT2D eigenvalue weighted by Crippen LogP contribution is -2.46. The first kappa shape index (κ1) is 15.6. The number of hydrogen-bond acceptors (Lipinski definition) is 4. The van der Waals surface area contributed by atoms with Crippen LogP contribution < -0.4 is 0 Å². The van der Waals surface area contributed by atoms with E-state index >= 15 is 0 Å². The van der Waals surface area contributed by atoms with Crippen LogP contribution in [0.15, 0.2) is 5.38 Å². The van der Waals surface area contributed by atoms with Gasteiger partial charge in [0.05, 0.1) is 17.2 Å². The average molecular weight is 334 g/mol. The first-order valence-electron chi connectivity index (χ1n) is 9.08. The van der Waals surface area contributed by atoms with Crippen molar-refractivity contribution in [2.45, 2.75) is 64.0 Å². The lowest BCUT2D eigenvalue weighted by molar-refractivity contribution is -0.132. The molecular weight excluding hydrogens is 306 g/mol. The molecule has 5 heteroatoms. The minimum atomic E-state index is 0.104. The van der Waals surface area contributed by atoms with Crippen molar-refractivity contribution >= 4 is 17.2 Å². The van der Waals surface area contributed by atoms with E-state index in [1.54, 1.807) is 11.3 Å². The van der Waals surface area contributed by atoms with Gasteiger partial charge < -0.3 is 9.80 Å². The van der Waals surface area contributed by atoms with Crippen LogP contribution in [0.2, 0.25) is 0 Å². The normalized spacial score (nSPS) is 29.4. The van der Waals surface area contributed by atoms with Crippen LogP contribution >= 0.6 is 11.3 Å². The Morgan fingerprint density at radius 3 is 2.91 bits per heavy atom. The largest absolute Gasteiger partial charge is 0.331 e. The lowest BCUT2D eigenvalue weighted by Gasteiger charge is -2.38. The van der Waals surface area contributed by atoms with Crippen molar-refractivity contribution in [2.75, 3.05) is 19.6 Å². The fourth-order valence-electron chi connectivity index (χ4n) is 4.38. The summed E-state index contributed by atoms with van der Waals surface area (Å²) in [5.74, 6) is 1.30. The molecule has 1 aromatic rings. The summed E-state index contributed by atoms with van der Waals surface area (Å²) in [6.45, 7) is 6.42. The van der Waals surface area contributed by atoms with Gasteiger partial charge in [0.2, 0.25) is 5.91 Å². The Morgan fingerprint density at radius 1 is 1.30 bits per heavy atom. The topological polar surface area (TPSA) is 36.4 Å². The van der Waals surface area contributed by atoms with Gasteiger partial charge in [0.1, 0.15) is 0 Å². The zero-order chi connectivity index (χ0) is 15.9. The number of aryl methyl sites for hydroxylation is 1.